The first-order chi connectivity index (χ1) is 9.54. The normalized spacial score (nSPS) is 21.2. The van der Waals surface area contributed by atoms with Crippen molar-refractivity contribution >= 4 is 43.5 Å². The van der Waals surface area contributed by atoms with Crippen molar-refractivity contribution in [3.8, 4) is 5.75 Å². The molecule has 3 rings (SSSR count). The number of halogens is 3. The summed E-state index contributed by atoms with van der Waals surface area (Å²) in [5, 5.41) is 0.698. The average molecular weight is 418 g/mol. The van der Waals surface area contributed by atoms with Crippen LogP contribution in [0.3, 0.4) is 0 Å². The van der Waals surface area contributed by atoms with Crippen LogP contribution in [0.4, 0.5) is 0 Å². The number of rotatable bonds is 1. The molecule has 1 aliphatic heterocycles. The van der Waals surface area contributed by atoms with Gasteiger partial charge in [-0.3, -0.25) is 0 Å². The quantitative estimate of drug-likeness (QED) is 0.675. The molecular formula is C15H12Br2ClNO. The minimum absolute atomic E-state index is 0.0283. The smallest absolute Gasteiger partial charge is 0.127 e. The van der Waals surface area contributed by atoms with Gasteiger partial charge in [0.1, 0.15) is 11.9 Å². The lowest BCUT2D eigenvalue weighted by Crippen LogP contribution is -2.24. The predicted molar refractivity (Wildman–Crippen MR) is 88.2 cm³/mol. The second-order valence-corrected chi connectivity index (χ2v) is 7.00. The van der Waals surface area contributed by atoms with E-state index >= 15 is 0 Å². The van der Waals surface area contributed by atoms with E-state index in [0.29, 0.717) is 5.02 Å². The Morgan fingerprint density at radius 1 is 1.10 bits per heavy atom. The van der Waals surface area contributed by atoms with Crippen LogP contribution in [0.5, 0.6) is 5.75 Å². The van der Waals surface area contributed by atoms with Gasteiger partial charge in [0.2, 0.25) is 0 Å². The van der Waals surface area contributed by atoms with E-state index in [-0.39, 0.29) is 12.1 Å². The number of hydrogen-bond donors (Lipinski definition) is 1. The summed E-state index contributed by atoms with van der Waals surface area (Å²) >= 11 is 13.0. The minimum atomic E-state index is -0.0709. The van der Waals surface area contributed by atoms with Gasteiger partial charge in [-0.15, -0.1) is 0 Å². The number of nitrogens with two attached hydrogens (primary N) is 1. The molecule has 2 aromatic carbocycles. The van der Waals surface area contributed by atoms with E-state index < -0.39 is 0 Å². The van der Waals surface area contributed by atoms with Gasteiger partial charge in [0.05, 0.1) is 0 Å². The summed E-state index contributed by atoms with van der Waals surface area (Å²) in [4.78, 5) is 0. The third-order valence-corrected chi connectivity index (χ3v) is 4.84. The Labute approximate surface area is 139 Å². The Balaban J connectivity index is 1.98. The van der Waals surface area contributed by atoms with Crippen molar-refractivity contribution in [1.29, 1.82) is 0 Å². The highest BCUT2D eigenvalue weighted by Crippen LogP contribution is 2.42. The van der Waals surface area contributed by atoms with Crippen LogP contribution in [0, 0.1) is 0 Å². The molecule has 2 aromatic rings. The fourth-order valence-corrected chi connectivity index (χ4v) is 3.71. The molecule has 0 saturated heterocycles. The summed E-state index contributed by atoms with van der Waals surface area (Å²) in [5.74, 6) is 0.838. The molecule has 0 spiro atoms. The molecule has 1 aliphatic rings. The Bertz CT molecular complexity index is 662. The standard InChI is InChI=1S/C15H12Br2ClNO/c16-8-1-3-11-13(19)7-15(20-14(11)5-8)10-4-2-9(18)6-12(10)17/h1-6,13,15H,7,19H2/t13-,15?/m1/s1. The van der Waals surface area contributed by atoms with E-state index in [4.69, 9.17) is 22.1 Å². The summed E-state index contributed by atoms with van der Waals surface area (Å²) in [6.45, 7) is 0. The molecule has 2 N–H and O–H groups in total. The Hall–Kier alpha value is -0.550. The first kappa shape index (κ1) is 14.4. The molecule has 20 heavy (non-hydrogen) atoms. The van der Waals surface area contributed by atoms with Crippen LogP contribution < -0.4 is 10.5 Å². The van der Waals surface area contributed by atoms with Crippen molar-refractivity contribution in [3.05, 3.63) is 61.5 Å². The Morgan fingerprint density at radius 3 is 2.60 bits per heavy atom. The molecule has 0 aliphatic carbocycles. The van der Waals surface area contributed by atoms with Gasteiger partial charge in [-0.2, -0.15) is 0 Å². The van der Waals surface area contributed by atoms with Gasteiger partial charge < -0.3 is 10.5 Å². The molecule has 2 atom stereocenters. The van der Waals surface area contributed by atoms with Crippen LogP contribution in [-0.2, 0) is 0 Å². The summed E-state index contributed by atoms with van der Waals surface area (Å²) in [5.41, 5.74) is 8.38. The molecule has 5 heteroatoms. The summed E-state index contributed by atoms with van der Waals surface area (Å²) in [6, 6.07) is 11.7. The van der Waals surface area contributed by atoms with Crippen LogP contribution in [0.2, 0.25) is 5.02 Å². The number of benzene rings is 2. The fourth-order valence-electron chi connectivity index (χ4n) is 2.43. The van der Waals surface area contributed by atoms with E-state index in [1.165, 1.54) is 0 Å². The average Bonchev–Trinajstić information content (AvgIpc) is 2.37. The lowest BCUT2D eigenvalue weighted by molar-refractivity contribution is 0.161. The molecule has 104 valence electrons. The van der Waals surface area contributed by atoms with E-state index in [9.17, 15) is 0 Å². The van der Waals surface area contributed by atoms with Gasteiger partial charge in [0.15, 0.2) is 0 Å². The molecular weight excluding hydrogens is 405 g/mol. The van der Waals surface area contributed by atoms with Gasteiger partial charge >= 0.3 is 0 Å². The van der Waals surface area contributed by atoms with Crippen LogP contribution in [0.25, 0.3) is 0 Å². The predicted octanol–water partition coefficient (Wildman–Crippen LogP) is 5.39. The highest BCUT2D eigenvalue weighted by molar-refractivity contribution is 9.10. The maximum Gasteiger partial charge on any atom is 0.127 e. The van der Waals surface area contributed by atoms with E-state index in [1.54, 1.807) is 0 Å². The van der Waals surface area contributed by atoms with Gasteiger partial charge in [0, 0.05) is 37.6 Å². The Kier molecular flexibility index (Phi) is 4.09. The Morgan fingerprint density at radius 2 is 1.85 bits per heavy atom. The van der Waals surface area contributed by atoms with Gasteiger partial charge in [-0.05, 0) is 24.3 Å². The van der Waals surface area contributed by atoms with Crippen molar-refractivity contribution < 1.29 is 4.74 Å². The number of fused-ring (bicyclic) bond motifs is 1. The highest BCUT2D eigenvalue weighted by Gasteiger charge is 2.28. The second kappa shape index (κ2) is 5.68. The monoisotopic (exact) mass is 415 g/mol. The van der Waals surface area contributed by atoms with E-state index in [2.05, 4.69) is 31.9 Å². The van der Waals surface area contributed by atoms with Gasteiger partial charge in [-0.25, -0.2) is 0 Å². The fraction of sp³-hybridized carbons (Fsp3) is 0.200. The summed E-state index contributed by atoms with van der Waals surface area (Å²) < 4.78 is 8.04. The zero-order chi connectivity index (χ0) is 14.3. The molecule has 1 unspecified atom stereocenters. The van der Waals surface area contributed by atoms with E-state index in [1.807, 2.05) is 36.4 Å². The zero-order valence-electron chi connectivity index (χ0n) is 10.4. The van der Waals surface area contributed by atoms with Crippen LogP contribution >= 0.6 is 43.5 Å². The van der Waals surface area contributed by atoms with Crippen molar-refractivity contribution in [2.24, 2.45) is 5.73 Å². The first-order valence-corrected chi connectivity index (χ1v) is 8.17. The van der Waals surface area contributed by atoms with Crippen LogP contribution in [0.1, 0.15) is 29.7 Å². The lowest BCUT2D eigenvalue weighted by Gasteiger charge is -2.31. The maximum absolute atomic E-state index is 6.27. The zero-order valence-corrected chi connectivity index (χ0v) is 14.4. The van der Waals surface area contributed by atoms with Gasteiger partial charge in [-0.1, -0.05) is 55.6 Å². The third-order valence-electron chi connectivity index (χ3n) is 3.42. The molecule has 1 heterocycles. The van der Waals surface area contributed by atoms with E-state index in [0.717, 1.165) is 32.2 Å². The minimum Gasteiger partial charge on any atom is -0.485 e. The topological polar surface area (TPSA) is 35.2 Å². The van der Waals surface area contributed by atoms with Crippen molar-refractivity contribution in [1.82, 2.24) is 0 Å². The largest absolute Gasteiger partial charge is 0.485 e. The SMILES string of the molecule is N[C@@H]1CC(c2ccc(Cl)cc2Br)Oc2cc(Br)ccc21. The molecule has 0 bridgehead atoms. The summed E-state index contributed by atoms with van der Waals surface area (Å²) in [6.07, 6.45) is 0.674. The molecule has 0 fully saturated rings. The number of ether oxygens (including phenoxy) is 1. The van der Waals surface area contributed by atoms with Gasteiger partial charge in [0.25, 0.3) is 0 Å². The van der Waals surface area contributed by atoms with Crippen LogP contribution in [0.15, 0.2) is 45.3 Å². The first-order valence-electron chi connectivity index (χ1n) is 6.21. The lowest BCUT2D eigenvalue weighted by atomic mass is 9.94. The van der Waals surface area contributed by atoms with Crippen molar-refractivity contribution in [2.45, 2.75) is 18.6 Å². The molecule has 0 aromatic heterocycles. The molecule has 2 nitrogen and oxygen atoms in total. The second-order valence-electron chi connectivity index (χ2n) is 4.80. The maximum atomic E-state index is 6.27. The molecule has 0 amide bonds. The molecule has 0 radical (unpaired) electrons. The summed E-state index contributed by atoms with van der Waals surface area (Å²) in [7, 11) is 0. The van der Waals surface area contributed by atoms with Crippen molar-refractivity contribution in [2.75, 3.05) is 0 Å². The third kappa shape index (κ3) is 2.75. The van der Waals surface area contributed by atoms with Crippen molar-refractivity contribution in [3.63, 3.8) is 0 Å². The number of hydrogen-bond acceptors (Lipinski definition) is 2. The highest BCUT2D eigenvalue weighted by atomic mass is 79.9. The van der Waals surface area contributed by atoms with Crippen LogP contribution in [-0.4, -0.2) is 0 Å². The molecule has 0 saturated carbocycles.